The molecule has 5 heteroatoms. The van der Waals surface area contributed by atoms with Crippen molar-refractivity contribution in [2.75, 3.05) is 0 Å². The van der Waals surface area contributed by atoms with E-state index in [2.05, 4.69) is 90.1 Å². The molecule has 2 aliphatic carbocycles. The predicted molar refractivity (Wildman–Crippen MR) is 110 cm³/mol. The number of rotatable bonds is 4. The zero-order chi connectivity index (χ0) is 18.2. The molecule has 0 saturated heterocycles. The molecule has 0 aromatic heterocycles. The fourth-order valence-corrected chi connectivity index (χ4v) is 6.16. The van der Waals surface area contributed by atoms with Crippen molar-refractivity contribution in [2.24, 2.45) is 5.41 Å². The van der Waals surface area contributed by atoms with E-state index in [9.17, 15) is 0 Å². The van der Waals surface area contributed by atoms with Gasteiger partial charge in [0, 0.05) is 0 Å². The van der Waals surface area contributed by atoms with Crippen LogP contribution in [0.3, 0.4) is 0 Å². The average Bonchev–Trinajstić information content (AvgIpc) is 2.75. The SMILES string of the molecule is CC1=[C-]C(CC2(C)C=CC=CC2)([Si]c2ccc(C)cc2C)C(C)=C1C.[Cl-].[Cl-].[Cl-].[Ti+4]. The average molecular weight is 500 g/mol. The van der Waals surface area contributed by atoms with Crippen molar-refractivity contribution in [3.63, 3.8) is 0 Å². The van der Waals surface area contributed by atoms with Gasteiger partial charge in [-0.25, -0.2) is 5.57 Å². The van der Waals surface area contributed by atoms with Crippen LogP contribution in [0.5, 0.6) is 0 Å². The monoisotopic (exact) mass is 498 g/mol. The molecule has 2 unspecified atom stereocenters. The van der Waals surface area contributed by atoms with Gasteiger partial charge < -0.3 is 37.2 Å². The Morgan fingerprint density at radius 3 is 2.14 bits per heavy atom. The van der Waals surface area contributed by atoms with Gasteiger partial charge in [0.1, 0.15) is 0 Å². The van der Waals surface area contributed by atoms with E-state index in [0.29, 0.717) is 0 Å². The van der Waals surface area contributed by atoms with E-state index < -0.39 is 0 Å². The molecule has 0 bridgehead atoms. The molecule has 3 rings (SSSR count). The van der Waals surface area contributed by atoms with Crippen LogP contribution >= 0.6 is 0 Å². The van der Waals surface area contributed by atoms with Crippen molar-refractivity contribution < 1.29 is 58.9 Å². The van der Waals surface area contributed by atoms with Crippen LogP contribution in [-0.2, 0) is 21.7 Å². The molecule has 2 aliphatic rings. The molecule has 0 heterocycles. The maximum atomic E-state index is 3.93. The van der Waals surface area contributed by atoms with Gasteiger partial charge in [-0.1, -0.05) is 91.0 Å². The van der Waals surface area contributed by atoms with Crippen LogP contribution in [0.2, 0.25) is 5.04 Å². The second-order valence-electron chi connectivity index (χ2n) is 8.17. The summed E-state index contributed by atoms with van der Waals surface area (Å²) >= 11 is 0. The van der Waals surface area contributed by atoms with Crippen LogP contribution in [0.4, 0.5) is 0 Å². The molecule has 1 aromatic carbocycles. The van der Waals surface area contributed by atoms with E-state index in [0.717, 1.165) is 22.4 Å². The normalized spacial score (nSPS) is 24.7. The molecular weight excluding hydrogens is 471 g/mol. The summed E-state index contributed by atoms with van der Waals surface area (Å²) < 4.78 is 0. The molecule has 2 radical (unpaired) electrons. The second-order valence-corrected chi connectivity index (χ2v) is 9.81. The number of benzene rings is 1. The van der Waals surface area contributed by atoms with E-state index in [1.165, 1.54) is 33.0 Å². The quantitative estimate of drug-likeness (QED) is 0.303. The zero-order valence-corrected chi connectivity index (χ0v) is 22.9. The fraction of sp³-hybridized carbons (Fsp3) is 0.417. The van der Waals surface area contributed by atoms with E-state index >= 15 is 0 Å². The van der Waals surface area contributed by atoms with Gasteiger partial charge in [-0.3, -0.25) is 6.08 Å². The molecule has 1 aromatic rings. The van der Waals surface area contributed by atoms with Gasteiger partial charge in [0.05, 0.1) is 9.52 Å². The summed E-state index contributed by atoms with van der Waals surface area (Å²) in [7, 11) is 0.733. The Morgan fingerprint density at radius 1 is 1.00 bits per heavy atom. The minimum atomic E-state index is 0. The van der Waals surface area contributed by atoms with E-state index in [4.69, 9.17) is 0 Å². The summed E-state index contributed by atoms with van der Waals surface area (Å²) in [4.78, 5) is 0. The summed E-state index contributed by atoms with van der Waals surface area (Å²) in [5, 5.41) is 1.53. The Labute approximate surface area is 213 Å². The van der Waals surface area contributed by atoms with Crippen molar-refractivity contribution in [2.45, 2.75) is 59.4 Å². The van der Waals surface area contributed by atoms with Gasteiger partial charge in [0.2, 0.25) is 0 Å². The van der Waals surface area contributed by atoms with E-state index in [1.54, 1.807) is 0 Å². The minimum absolute atomic E-state index is 0. The van der Waals surface area contributed by atoms with Crippen LogP contribution in [0.25, 0.3) is 0 Å². The van der Waals surface area contributed by atoms with Crippen LogP contribution in [0, 0.1) is 25.3 Å². The van der Waals surface area contributed by atoms with Crippen molar-refractivity contribution in [1.82, 2.24) is 0 Å². The van der Waals surface area contributed by atoms with Crippen molar-refractivity contribution in [3.05, 3.63) is 76.4 Å². The van der Waals surface area contributed by atoms with Gasteiger partial charge in [-0.15, -0.1) is 6.92 Å². The maximum Gasteiger partial charge on any atom is 4.00 e. The molecular formula is C24H29Cl3SiTi. The number of hydrogen-bond donors (Lipinski definition) is 0. The summed E-state index contributed by atoms with van der Waals surface area (Å²) in [6, 6.07) is 6.91. The Balaban J connectivity index is 0. The summed E-state index contributed by atoms with van der Waals surface area (Å²) in [5.74, 6) is 0. The van der Waals surface area contributed by atoms with Crippen LogP contribution in [-0.4, -0.2) is 9.52 Å². The van der Waals surface area contributed by atoms with E-state index in [-0.39, 0.29) is 69.4 Å². The van der Waals surface area contributed by atoms with Crippen LogP contribution < -0.4 is 42.4 Å². The third-order valence-corrected chi connectivity index (χ3v) is 7.83. The number of aryl methyl sites for hydroxylation is 2. The molecule has 0 spiro atoms. The first kappa shape index (κ1) is 31.2. The summed E-state index contributed by atoms with van der Waals surface area (Å²) in [6.07, 6.45) is 15.3. The molecule has 0 amide bonds. The Hall–Kier alpha value is -0.0188. The summed E-state index contributed by atoms with van der Waals surface area (Å²) in [5.41, 5.74) is 7.27. The number of allylic oxidation sites excluding steroid dienone is 8. The molecule has 0 saturated carbocycles. The predicted octanol–water partition coefficient (Wildman–Crippen LogP) is -3.19. The third-order valence-electron chi connectivity index (χ3n) is 5.89. The Morgan fingerprint density at radius 2 is 1.66 bits per heavy atom. The topological polar surface area (TPSA) is 0 Å². The van der Waals surface area contributed by atoms with Crippen LogP contribution in [0.1, 0.15) is 51.7 Å². The molecule has 0 N–H and O–H groups in total. The van der Waals surface area contributed by atoms with Gasteiger partial charge in [0.15, 0.2) is 0 Å². The smallest absolute Gasteiger partial charge is 1.00 e. The first-order valence-corrected chi connectivity index (χ1v) is 10.2. The van der Waals surface area contributed by atoms with Crippen molar-refractivity contribution in [1.29, 1.82) is 0 Å². The van der Waals surface area contributed by atoms with Gasteiger partial charge in [-0.05, 0) is 25.7 Å². The molecule has 29 heavy (non-hydrogen) atoms. The van der Waals surface area contributed by atoms with Crippen molar-refractivity contribution >= 4 is 14.7 Å². The molecule has 0 fully saturated rings. The standard InChI is InChI=1S/C24H29Si.3ClH.Ti/c1-17-10-11-22(18(2)14-17)25-24(15-19(3)20(4)21(24)5)16-23(6)12-8-7-9-13-23;;;;/h7-12,14H,13,16H2,1-6H3;3*1H;/q-1;;;;+4/p-3. The molecule has 154 valence electrons. The number of halogens is 3. The summed E-state index contributed by atoms with van der Waals surface area (Å²) in [6.45, 7) is 13.7. The Bertz CT molecular complexity index is 825. The molecule has 2 atom stereocenters. The fourth-order valence-electron chi connectivity index (χ4n) is 4.15. The first-order valence-electron chi connectivity index (χ1n) is 9.25. The van der Waals surface area contributed by atoms with Crippen molar-refractivity contribution in [3.8, 4) is 0 Å². The third kappa shape index (κ3) is 6.73. The van der Waals surface area contributed by atoms with Crippen LogP contribution in [0.15, 0.2) is 59.2 Å². The molecule has 0 nitrogen and oxygen atoms in total. The van der Waals surface area contributed by atoms with Gasteiger partial charge in [-0.2, -0.15) is 11.1 Å². The zero-order valence-electron chi connectivity index (χ0n) is 18.1. The molecule has 0 aliphatic heterocycles. The number of hydrogen-bond acceptors (Lipinski definition) is 0. The minimum Gasteiger partial charge on any atom is -1.00 e. The van der Waals surface area contributed by atoms with Gasteiger partial charge >= 0.3 is 21.7 Å². The van der Waals surface area contributed by atoms with E-state index in [1.807, 2.05) is 0 Å². The Kier molecular flexibility index (Phi) is 13.0. The maximum absolute atomic E-state index is 3.93. The second kappa shape index (κ2) is 12.1. The largest absolute Gasteiger partial charge is 4.00 e. The first-order chi connectivity index (χ1) is 11.7. The van der Waals surface area contributed by atoms with Gasteiger partial charge in [0.25, 0.3) is 0 Å².